The second-order valence-corrected chi connectivity index (χ2v) is 7.70. The Kier molecular flexibility index (Phi) is 6.87. The van der Waals surface area contributed by atoms with Gasteiger partial charge in [-0.2, -0.15) is 5.10 Å². The second kappa shape index (κ2) is 9.55. The number of nitrogens with zero attached hydrogens (tertiary/aromatic N) is 3. The molecule has 1 aromatic carbocycles. The van der Waals surface area contributed by atoms with Crippen LogP contribution < -0.4 is 5.32 Å². The Bertz CT molecular complexity index is 920. The first-order chi connectivity index (χ1) is 13.6. The van der Waals surface area contributed by atoms with E-state index < -0.39 is 0 Å². The molecule has 0 spiro atoms. The average molecular weight is 395 g/mol. The fraction of sp³-hybridized carbons (Fsp3) is 0.318. The van der Waals surface area contributed by atoms with Gasteiger partial charge in [0.25, 0.3) is 5.91 Å². The molecule has 2 aromatic heterocycles. The minimum atomic E-state index is -0.0639. The molecule has 0 saturated heterocycles. The topological polar surface area (TPSA) is 59.8 Å². The van der Waals surface area contributed by atoms with Crippen LogP contribution in [0.3, 0.4) is 0 Å². The zero-order valence-corrected chi connectivity index (χ0v) is 17.4. The van der Waals surface area contributed by atoms with Gasteiger partial charge in [-0.15, -0.1) is 11.8 Å². The van der Waals surface area contributed by atoms with Gasteiger partial charge in [0, 0.05) is 41.9 Å². The molecule has 2 heterocycles. The third kappa shape index (κ3) is 5.01. The lowest BCUT2D eigenvalue weighted by atomic mass is 10.1. The Morgan fingerprint density at radius 1 is 1.14 bits per heavy atom. The van der Waals surface area contributed by atoms with Gasteiger partial charge >= 0.3 is 0 Å². The predicted molar refractivity (Wildman–Crippen MR) is 113 cm³/mol. The van der Waals surface area contributed by atoms with Crippen LogP contribution in [0.25, 0.3) is 0 Å². The van der Waals surface area contributed by atoms with E-state index in [1.807, 2.05) is 54.1 Å². The molecule has 0 aliphatic heterocycles. The lowest BCUT2D eigenvalue weighted by Crippen LogP contribution is -2.23. The van der Waals surface area contributed by atoms with Gasteiger partial charge in [-0.25, -0.2) is 4.98 Å². The molecular weight excluding hydrogens is 368 g/mol. The Labute approximate surface area is 170 Å². The fourth-order valence-electron chi connectivity index (χ4n) is 3.03. The summed E-state index contributed by atoms with van der Waals surface area (Å²) in [4.78, 5) is 16.8. The van der Waals surface area contributed by atoms with Crippen LogP contribution in [0, 0.1) is 13.8 Å². The SMILES string of the molecule is CCCn1nc(C)c(CNC(=O)c2ccc(CSc3ccccn3)cc2)c1C. The monoisotopic (exact) mass is 394 g/mol. The number of pyridine rings is 1. The standard InChI is InChI=1S/C22H26N4OS/c1-4-13-26-17(3)20(16(2)25-26)14-24-22(27)19-10-8-18(9-11-19)15-28-21-7-5-6-12-23-21/h5-12H,4,13-15H2,1-3H3,(H,24,27). The summed E-state index contributed by atoms with van der Waals surface area (Å²) in [7, 11) is 0. The van der Waals surface area contributed by atoms with Crippen molar-refractivity contribution in [3.05, 3.63) is 76.7 Å². The largest absolute Gasteiger partial charge is 0.348 e. The van der Waals surface area contributed by atoms with Gasteiger partial charge in [0.2, 0.25) is 0 Å². The van der Waals surface area contributed by atoms with E-state index in [1.54, 1.807) is 18.0 Å². The number of thioether (sulfide) groups is 1. The van der Waals surface area contributed by atoms with Crippen LogP contribution in [0.4, 0.5) is 0 Å². The minimum Gasteiger partial charge on any atom is -0.348 e. The van der Waals surface area contributed by atoms with Crippen molar-refractivity contribution in [1.29, 1.82) is 0 Å². The summed E-state index contributed by atoms with van der Waals surface area (Å²) in [5.74, 6) is 0.763. The molecule has 6 heteroatoms. The highest BCUT2D eigenvalue weighted by Crippen LogP contribution is 2.20. The molecule has 0 bridgehead atoms. The molecule has 0 unspecified atom stereocenters. The van der Waals surface area contributed by atoms with Gasteiger partial charge in [0.1, 0.15) is 0 Å². The number of benzene rings is 1. The number of rotatable bonds is 8. The Hall–Kier alpha value is -2.60. The average Bonchev–Trinajstić information content (AvgIpc) is 2.99. The normalized spacial score (nSPS) is 10.8. The van der Waals surface area contributed by atoms with Crippen LogP contribution >= 0.6 is 11.8 Å². The van der Waals surface area contributed by atoms with Crippen molar-refractivity contribution in [1.82, 2.24) is 20.1 Å². The van der Waals surface area contributed by atoms with Crippen molar-refractivity contribution in [3.63, 3.8) is 0 Å². The van der Waals surface area contributed by atoms with Crippen LogP contribution in [0.15, 0.2) is 53.7 Å². The van der Waals surface area contributed by atoms with Gasteiger partial charge in [-0.3, -0.25) is 9.48 Å². The van der Waals surface area contributed by atoms with E-state index in [-0.39, 0.29) is 5.91 Å². The summed E-state index contributed by atoms with van der Waals surface area (Å²) in [5.41, 5.74) is 5.04. The first-order valence-electron chi connectivity index (χ1n) is 9.52. The van der Waals surface area contributed by atoms with Gasteiger partial charge in [-0.1, -0.05) is 25.1 Å². The van der Waals surface area contributed by atoms with Gasteiger partial charge in [0.05, 0.1) is 10.7 Å². The molecule has 146 valence electrons. The summed E-state index contributed by atoms with van der Waals surface area (Å²) in [6.07, 6.45) is 2.84. The van der Waals surface area contributed by atoms with Gasteiger partial charge in [0.15, 0.2) is 0 Å². The van der Waals surface area contributed by atoms with E-state index in [2.05, 4.69) is 29.2 Å². The quantitative estimate of drug-likeness (QED) is 0.570. The highest BCUT2D eigenvalue weighted by molar-refractivity contribution is 7.98. The number of aromatic nitrogens is 3. The molecule has 1 N–H and O–H groups in total. The highest BCUT2D eigenvalue weighted by atomic mass is 32.2. The van der Waals surface area contributed by atoms with Gasteiger partial charge in [-0.05, 0) is 50.1 Å². The number of hydrogen-bond donors (Lipinski definition) is 1. The summed E-state index contributed by atoms with van der Waals surface area (Å²) in [6, 6.07) is 13.7. The van der Waals surface area contributed by atoms with Crippen LogP contribution in [0.1, 0.15) is 46.2 Å². The first kappa shape index (κ1) is 20.1. The maximum Gasteiger partial charge on any atom is 0.251 e. The summed E-state index contributed by atoms with van der Waals surface area (Å²) in [6.45, 7) is 7.59. The maximum atomic E-state index is 12.5. The molecule has 3 rings (SSSR count). The molecule has 0 fully saturated rings. The third-order valence-electron chi connectivity index (χ3n) is 4.63. The molecule has 1 amide bonds. The maximum absolute atomic E-state index is 12.5. The molecule has 0 aliphatic rings. The van der Waals surface area contributed by atoms with Crippen molar-refractivity contribution in [2.45, 2.75) is 51.1 Å². The molecule has 3 aromatic rings. The molecule has 0 saturated carbocycles. The summed E-state index contributed by atoms with van der Waals surface area (Å²) >= 11 is 1.68. The molecule has 0 aliphatic carbocycles. The van der Waals surface area contributed by atoms with Crippen LogP contribution in [-0.2, 0) is 18.8 Å². The molecular formula is C22H26N4OS. The molecule has 28 heavy (non-hydrogen) atoms. The first-order valence-corrected chi connectivity index (χ1v) is 10.5. The second-order valence-electron chi connectivity index (χ2n) is 6.71. The zero-order chi connectivity index (χ0) is 19.9. The highest BCUT2D eigenvalue weighted by Gasteiger charge is 2.13. The third-order valence-corrected chi connectivity index (χ3v) is 5.65. The smallest absolute Gasteiger partial charge is 0.251 e. The van der Waals surface area contributed by atoms with Crippen molar-refractivity contribution in [3.8, 4) is 0 Å². The van der Waals surface area contributed by atoms with E-state index in [0.29, 0.717) is 12.1 Å². The van der Waals surface area contributed by atoms with E-state index in [4.69, 9.17) is 0 Å². The number of amides is 1. The number of carbonyl (C=O) groups is 1. The van der Waals surface area contributed by atoms with Crippen molar-refractivity contribution >= 4 is 17.7 Å². The van der Waals surface area contributed by atoms with E-state index in [1.165, 1.54) is 5.56 Å². The number of hydrogen-bond acceptors (Lipinski definition) is 4. The number of aryl methyl sites for hydroxylation is 2. The summed E-state index contributed by atoms with van der Waals surface area (Å²) in [5, 5.41) is 8.59. The van der Waals surface area contributed by atoms with Crippen LogP contribution in [-0.4, -0.2) is 20.7 Å². The Balaban J connectivity index is 1.56. The van der Waals surface area contributed by atoms with E-state index >= 15 is 0 Å². The molecule has 0 atom stereocenters. The van der Waals surface area contributed by atoms with Crippen molar-refractivity contribution in [2.75, 3.05) is 0 Å². The zero-order valence-electron chi connectivity index (χ0n) is 16.6. The van der Waals surface area contributed by atoms with E-state index in [9.17, 15) is 4.79 Å². The fourth-order valence-corrected chi connectivity index (χ4v) is 3.85. The Morgan fingerprint density at radius 3 is 2.61 bits per heavy atom. The van der Waals surface area contributed by atoms with Crippen LogP contribution in [0.5, 0.6) is 0 Å². The van der Waals surface area contributed by atoms with Crippen LogP contribution in [0.2, 0.25) is 0 Å². The predicted octanol–water partition coefficient (Wildman–Crippen LogP) is 4.53. The molecule has 0 radical (unpaired) electrons. The van der Waals surface area contributed by atoms with E-state index in [0.717, 1.165) is 40.7 Å². The number of nitrogens with one attached hydrogen (secondary N) is 1. The number of carbonyl (C=O) groups excluding carboxylic acids is 1. The van der Waals surface area contributed by atoms with Gasteiger partial charge < -0.3 is 5.32 Å². The molecule has 5 nitrogen and oxygen atoms in total. The Morgan fingerprint density at radius 2 is 1.93 bits per heavy atom. The lowest BCUT2D eigenvalue weighted by Gasteiger charge is -2.08. The minimum absolute atomic E-state index is 0.0639. The lowest BCUT2D eigenvalue weighted by molar-refractivity contribution is 0.0951. The van der Waals surface area contributed by atoms with Crippen molar-refractivity contribution in [2.24, 2.45) is 0 Å². The van der Waals surface area contributed by atoms with Crippen molar-refractivity contribution < 1.29 is 4.79 Å². The summed E-state index contributed by atoms with van der Waals surface area (Å²) < 4.78 is 2.02.